The van der Waals surface area contributed by atoms with E-state index in [1.165, 1.54) is 22.2 Å². The summed E-state index contributed by atoms with van der Waals surface area (Å²) in [7, 11) is 0. The van der Waals surface area contributed by atoms with Crippen LogP contribution in [0.3, 0.4) is 0 Å². The highest BCUT2D eigenvalue weighted by Gasteiger charge is 2.15. The number of aliphatic hydroxyl groups excluding tert-OH is 1. The van der Waals surface area contributed by atoms with Gasteiger partial charge in [0.15, 0.2) is 0 Å². The molecule has 0 aliphatic heterocycles. The van der Waals surface area contributed by atoms with Crippen molar-refractivity contribution in [3.63, 3.8) is 0 Å². The molecule has 0 saturated heterocycles. The van der Waals surface area contributed by atoms with Crippen LogP contribution in [0.25, 0.3) is 26.6 Å². The van der Waals surface area contributed by atoms with Gasteiger partial charge in [0.2, 0.25) is 0 Å². The van der Waals surface area contributed by atoms with Crippen molar-refractivity contribution in [3.05, 3.63) is 47.7 Å². The van der Waals surface area contributed by atoms with Gasteiger partial charge in [-0.3, -0.25) is 9.36 Å². The van der Waals surface area contributed by atoms with Gasteiger partial charge >= 0.3 is 0 Å². The molecular weight excluding hydrogens is 372 g/mol. The average molecular weight is 403 g/mol. The fraction of sp³-hybridized carbons (Fsp3) is 0.381. The van der Waals surface area contributed by atoms with Crippen LogP contribution in [0.4, 0.5) is 5.69 Å². The lowest BCUT2D eigenvalue weighted by molar-refractivity contribution is 0.208. The zero-order chi connectivity index (χ0) is 21.1. The zero-order valence-electron chi connectivity index (χ0n) is 17.3. The Kier molecular flexibility index (Phi) is 10.1. The predicted octanol–water partition coefficient (Wildman–Crippen LogP) is 4.90. The lowest BCUT2D eigenvalue weighted by Gasteiger charge is -2.09. The molecule has 0 bridgehead atoms. The first kappa shape index (κ1) is 23.5. The molecule has 3 aromatic rings. The predicted molar refractivity (Wildman–Crippen MR) is 122 cm³/mol. The molecule has 152 valence electrons. The van der Waals surface area contributed by atoms with Gasteiger partial charge in [0, 0.05) is 24.6 Å². The van der Waals surface area contributed by atoms with Gasteiger partial charge in [0.25, 0.3) is 5.56 Å². The van der Waals surface area contributed by atoms with E-state index in [0.29, 0.717) is 16.8 Å². The summed E-state index contributed by atoms with van der Waals surface area (Å²) >= 11 is 1.33. The summed E-state index contributed by atoms with van der Waals surface area (Å²) in [6, 6.07) is 1.83. The fourth-order valence-electron chi connectivity index (χ4n) is 2.24. The number of pyridine rings is 1. The normalized spacial score (nSPS) is 11.5. The number of rotatable bonds is 5. The Morgan fingerprint density at radius 2 is 2.07 bits per heavy atom. The Morgan fingerprint density at radius 1 is 1.39 bits per heavy atom. The van der Waals surface area contributed by atoms with Crippen LogP contribution in [-0.2, 0) is 0 Å². The largest absolute Gasteiger partial charge is 0.392 e. The van der Waals surface area contributed by atoms with Crippen molar-refractivity contribution in [2.24, 2.45) is 0 Å². The van der Waals surface area contributed by atoms with Crippen LogP contribution in [-0.4, -0.2) is 32.3 Å². The lowest BCUT2D eigenvalue weighted by Crippen LogP contribution is -2.16. The molecule has 2 N–H and O–H groups in total. The molecular formula is C21H30N4O2S. The fourth-order valence-corrected chi connectivity index (χ4v) is 3.30. The summed E-state index contributed by atoms with van der Waals surface area (Å²) < 4.78 is 2.04. The van der Waals surface area contributed by atoms with Crippen LogP contribution in [0.5, 0.6) is 0 Å². The van der Waals surface area contributed by atoms with E-state index in [1.54, 1.807) is 25.4 Å². The molecule has 0 saturated carbocycles. The van der Waals surface area contributed by atoms with Gasteiger partial charge in [-0.1, -0.05) is 32.9 Å². The van der Waals surface area contributed by atoms with E-state index >= 15 is 0 Å². The third kappa shape index (κ3) is 5.74. The Hall–Kier alpha value is -2.51. The number of aliphatic hydroxyl groups is 1. The summed E-state index contributed by atoms with van der Waals surface area (Å²) in [6.45, 7) is 13.5. The maximum absolute atomic E-state index is 12.5. The molecule has 0 fully saturated rings. The molecule has 28 heavy (non-hydrogen) atoms. The second kappa shape index (κ2) is 12.0. The van der Waals surface area contributed by atoms with Gasteiger partial charge in [-0.15, -0.1) is 17.9 Å². The Bertz CT molecular complexity index is 974. The van der Waals surface area contributed by atoms with Gasteiger partial charge in [-0.25, -0.2) is 9.97 Å². The average Bonchev–Trinajstić information content (AvgIpc) is 3.10. The summed E-state index contributed by atoms with van der Waals surface area (Å²) in [6.07, 6.45) is 9.16. The van der Waals surface area contributed by atoms with Crippen LogP contribution < -0.4 is 10.9 Å². The van der Waals surface area contributed by atoms with E-state index in [1.807, 2.05) is 32.9 Å². The number of hydrogen-bond acceptors (Lipinski definition) is 6. The van der Waals surface area contributed by atoms with Crippen molar-refractivity contribution < 1.29 is 5.11 Å². The summed E-state index contributed by atoms with van der Waals surface area (Å²) in [5.74, 6) is 0. The first-order valence-electron chi connectivity index (χ1n) is 9.47. The maximum atomic E-state index is 12.5. The molecule has 0 amide bonds. The number of thiophene rings is 1. The Balaban J connectivity index is 0.000000583. The van der Waals surface area contributed by atoms with E-state index in [4.69, 9.17) is 0 Å². The number of aromatic nitrogens is 3. The van der Waals surface area contributed by atoms with Crippen molar-refractivity contribution in [3.8, 4) is 0 Å². The van der Waals surface area contributed by atoms with E-state index in [9.17, 15) is 9.90 Å². The number of anilines is 1. The molecule has 0 aliphatic carbocycles. The van der Waals surface area contributed by atoms with Crippen molar-refractivity contribution >= 4 is 43.7 Å². The van der Waals surface area contributed by atoms with Crippen LogP contribution in [0.2, 0.25) is 0 Å². The number of nitrogens with one attached hydrogen (secondary N) is 1. The van der Waals surface area contributed by atoms with Crippen molar-refractivity contribution in [2.45, 2.75) is 47.1 Å². The summed E-state index contributed by atoms with van der Waals surface area (Å²) in [5, 5.41) is 13.4. The zero-order valence-corrected chi connectivity index (χ0v) is 18.1. The molecule has 0 spiro atoms. The van der Waals surface area contributed by atoms with Crippen molar-refractivity contribution in [2.75, 3.05) is 11.9 Å². The standard InChI is InChI=1S/C15H16N4O2S.C4H8.C2H6/c1-3-6-19-8-18-12-11-10(17-7-9(2)20)4-5-16-14(11)22-13(12)15(19)21;1-3-4-2;1-2/h3-6,8-9,20H,7H2,1-2H3,(H,16,17);3H,1,4H2,2H3;1-2H3/b6-3+;;/t9-;;/m0../s1. The quantitative estimate of drug-likeness (QED) is 0.594. The van der Waals surface area contributed by atoms with Crippen molar-refractivity contribution in [1.82, 2.24) is 14.5 Å². The minimum Gasteiger partial charge on any atom is -0.392 e. The molecule has 3 rings (SSSR count). The maximum Gasteiger partial charge on any atom is 0.275 e. The highest BCUT2D eigenvalue weighted by Crippen LogP contribution is 2.33. The highest BCUT2D eigenvalue weighted by molar-refractivity contribution is 7.25. The molecule has 6 nitrogen and oxygen atoms in total. The smallest absolute Gasteiger partial charge is 0.275 e. The molecule has 0 radical (unpaired) electrons. The number of allylic oxidation sites excluding steroid dienone is 2. The SMILES string of the molecule is C/C=C/n1cnc2c(sc3nccc(NC[C@H](C)O)c32)c1=O.C=CCC.CC. The van der Waals surface area contributed by atoms with Gasteiger partial charge < -0.3 is 10.4 Å². The number of fused-ring (bicyclic) bond motifs is 3. The highest BCUT2D eigenvalue weighted by atomic mass is 32.1. The van der Waals surface area contributed by atoms with E-state index < -0.39 is 6.10 Å². The Morgan fingerprint density at radius 3 is 2.64 bits per heavy atom. The molecule has 0 aromatic carbocycles. The van der Waals surface area contributed by atoms with Crippen molar-refractivity contribution in [1.29, 1.82) is 0 Å². The van der Waals surface area contributed by atoms with Gasteiger partial charge in [0.1, 0.15) is 15.9 Å². The minimum absolute atomic E-state index is 0.104. The number of nitrogens with zero attached hydrogens (tertiary/aromatic N) is 3. The van der Waals surface area contributed by atoms with Gasteiger partial charge in [-0.2, -0.15) is 0 Å². The lowest BCUT2D eigenvalue weighted by atomic mass is 10.2. The van der Waals surface area contributed by atoms with Crippen LogP contribution in [0.15, 0.2) is 42.1 Å². The second-order valence-electron chi connectivity index (χ2n) is 5.68. The molecule has 3 heterocycles. The topological polar surface area (TPSA) is 80.0 Å². The first-order chi connectivity index (χ1) is 13.5. The van der Waals surface area contributed by atoms with Crippen LogP contribution in [0.1, 0.15) is 41.0 Å². The van der Waals surface area contributed by atoms with Gasteiger partial charge in [-0.05, 0) is 26.3 Å². The van der Waals surface area contributed by atoms with Gasteiger partial charge in [0.05, 0.1) is 17.0 Å². The molecule has 0 unspecified atom stereocenters. The molecule has 3 aromatic heterocycles. The van der Waals surface area contributed by atoms with Crippen LogP contribution >= 0.6 is 11.3 Å². The Labute approximate surface area is 170 Å². The molecule has 1 atom stereocenters. The van der Waals surface area contributed by atoms with E-state index in [-0.39, 0.29) is 5.56 Å². The summed E-state index contributed by atoms with van der Waals surface area (Å²) in [4.78, 5) is 22.0. The molecule has 7 heteroatoms. The third-order valence-corrected chi connectivity index (χ3v) is 4.57. The molecule has 0 aliphatic rings. The van der Waals surface area contributed by atoms with E-state index in [2.05, 4.69) is 28.8 Å². The minimum atomic E-state index is -0.465. The van der Waals surface area contributed by atoms with E-state index in [0.717, 1.165) is 22.3 Å². The van der Waals surface area contributed by atoms with Crippen LogP contribution in [0, 0.1) is 0 Å². The third-order valence-electron chi connectivity index (χ3n) is 3.49. The first-order valence-corrected chi connectivity index (χ1v) is 10.3. The number of hydrogen-bond donors (Lipinski definition) is 2. The second-order valence-corrected chi connectivity index (χ2v) is 6.68. The summed E-state index contributed by atoms with van der Waals surface area (Å²) in [5.41, 5.74) is 1.37. The monoisotopic (exact) mass is 402 g/mol.